The van der Waals surface area contributed by atoms with E-state index in [1.54, 1.807) is 56.4 Å². The molecule has 1 aromatic heterocycles. The Kier molecular flexibility index (Phi) is 6.06. The zero-order valence-electron chi connectivity index (χ0n) is 15.0. The molecule has 1 aromatic carbocycles. The summed E-state index contributed by atoms with van der Waals surface area (Å²) < 4.78 is 0. The van der Waals surface area contributed by atoms with Gasteiger partial charge < -0.3 is 16.0 Å². The minimum absolute atomic E-state index is 0.174. The van der Waals surface area contributed by atoms with Crippen molar-refractivity contribution in [1.82, 2.24) is 10.3 Å². The highest BCUT2D eigenvalue weighted by molar-refractivity contribution is 6.09. The summed E-state index contributed by atoms with van der Waals surface area (Å²) in [5.41, 5.74) is 0.619. The van der Waals surface area contributed by atoms with Gasteiger partial charge in [0, 0.05) is 24.5 Å². The number of anilines is 2. The maximum Gasteiger partial charge on any atom is 0.239 e. The van der Waals surface area contributed by atoms with Crippen LogP contribution in [0.2, 0.25) is 0 Å². The molecule has 0 spiro atoms. The second-order valence-corrected chi connectivity index (χ2v) is 6.34. The number of hydrogen-bond acceptors (Lipinski definition) is 4. The largest absolute Gasteiger partial charge is 0.350 e. The van der Waals surface area contributed by atoms with E-state index in [9.17, 15) is 14.4 Å². The van der Waals surface area contributed by atoms with Crippen molar-refractivity contribution in [1.29, 1.82) is 0 Å². The first-order valence-electron chi connectivity index (χ1n) is 8.16. The van der Waals surface area contributed by atoms with Crippen molar-refractivity contribution in [3.63, 3.8) is 0 Å². The standard InChI is InChI=1S/C19H22N4O3/c1-13(24)22-14-7-9-15(10-8-14)23-18(26)19(2,3)17(25)21-12-16-6-4-5-11-20-16/h4-11H,12H2,1-3H3,(H,21,25)(H,22,24)(H,23,26). The molecule has 0 aliphatic carbocycles. The maximum atomic E-state index is 12.5. The summed E-state index contributed by atoms with van der Waals surface area (Å²) in [6.07, 6.45) is 1.64. The third-order valence-corrected chi connectivity index (χ3v) is 3.75. The van der Waals surface area contributed by atoms with Crippen molar-refractivity contribution < 1.29 is 14.4 Å². The van der Waals surface area contributed by atoms with Gasteiger partial charge >= 0.3 is 0 Å². The lowest BCUT2D eigenvalue weighted by atomic mass is 9.91. The molecule has 3 N–H and O–H groups in total. The molecule has 0 bridgehead atoms. The van der Waals surface area contributed by atoms with Crippen LogP contribution < -0.4 is 16.0 Å². The number of amides is 3. The van der Waals surface area contributed by atoms with E-state index in [1.807, 2.05) is 6.07 Å². The quantitative estimate of drug-likeness (QED) is 0.693. The van der Waals surface area contributed by atoms with Crippen molar-refractivity contribution in [2.45, 2.75) is 27.3 Å². The van der Waals surface area contributed by atoms with Crippen LogP contribution in [0.5, 0.6) is 0 Å². The van der Waals surface area contributed by atoms with Crippen molar-refractivity contribution in [2.24, 2.45) is 5.41 Å². The number of benzene rings is 1. The van der Waals surface area contributed by atoms with Crippen LogP contribution in [0.25, 0.3) is 0 Å². The smallest absolute Gasteiger partial charge is 0.239 e. The van der Waals surface area contributed by atoms with Gasteiger partial charge in [-0.05, 0) is 50.2 Å². The first-order valence-corrected chi connectivity index (χ1v) is 8.16. The van der Waals surface area contributed by atoms with E-state index in [0.717, 1.165) is 0 Å². The Balaban J connectivity index is 1.95. The predicted octanol–water partition coefficient (Wildman–Crippen LogP) is 2.32. The van der Waals surface area contributed by atoms with Gasteiger partial charge in [0.15, 0.2) is 0 Å². The number of rotatable bonds is 6. The molecule has 7 heteroatoms. The summed E-state index contributed by atoms with van der Waals surface area (Å²) in [6, 6.07) is 12.1. The van der Waals surface area contributed by atoms with Crippen LogP contribution in [-0.4, -0.2) is 22.7 Å². The number of nitrogens with one attached hydrogen (secondary N) is 3. The Morgan fingerprint density at radius 3 is 2.08 bits per heavy atom. The van der Waals surface area contributed by atoms with E-state index < -0.39 is 17.2 Å². The summed E-state index contributed by atoms with van der Waals surface area (Å²) in [6.45, 7) is 4.78. The molecule has 0 atom stereocenters. The zero-order valence-corrected chi connectivity index (χ0v) is 15.0. The molecule has 0 unspecified atom stereocenters. The van der Waals surface area contributed by atoms with Gasteiger partial charge in [0.25, 0.3) is 0 Å². The lowest BCUT2D eigenvalue weighted by Gasteiger charge is -2.22. The molecule has 0 saturated carbocycles. The minimum Gasteiger partial charge on any atom is -0.350 e. The summed E-state index contributed by atoms with van der Waals surface area (Å²) >= 11 is 0. The molecule has 0 radical (unpaired) electrons. The first-order chi connectivity index (χ1) is 12.3. The highest BCUT2D eigenvalue weighted by Crippen LogP contribution is 2.20. The van der Waals surface area contributed by atoms with Gasteiger partial charge in [-0.1, -0.05) is 6.07 Å². The summed E-state index contributed by atoms with van der Waals surface area (Å²) in [7, 11) is 0. The van der Waals surface area contributed by atoms with E-state index in [2.05, 4.69) is 20.9 Å². The van der Waals surface area contributed by atoms with Crippen molar-refractivity contribution in [2.75, 3.05) is 10.6 Å². The van der Waals surface area contributed by atoms with Crippen molar-refractivity contribution in [3.8, 4) is 0 Å². The average molecular weight is 354 g/mol. The lowest BCUT2D eigenvalue weighted by Crippen LogP contribution is -2.44. The Labute approximate surface area is 152 Å². The number of hydrogen-bond donors (Lipinski definition) is 3. The van der Waals surface area contributed by atoms with Gasteiger partial charge in [-0.25, -0.2) is 0 Å². The van der Waals surface area contributed by atoms with Gasteiger partial charge in [0.1, 0.15) is 5.41 Å². The normalized spacial score (nSPS) is 10.7. The van der Waals surface area contributed by atoms with E-state index in [1.165, 1.54) is 6.92 Å². The molecule has 136 valence electrons. The van der Waals surface area contributed by atoms with Gasteiger partial charge in [-0.3, -0.25) is 19.4 Å². The molecule has 0 fully saturated rings. The highest BCUT2D eigenvalue weighted by Gasteiger charge is 2.36. The molecule has 3 amide bonds. The van der Waals surface area contributed by atoms with Crippen LogP contribution in [0, 0.1) is 5.41 Å². The van der Waals surface area contributed by atoms with Crippen molar-refractivity contribution in [3.05, 3.63) is 54.4 Å². The third-order valence-electron chi connectivity index (χ3n) is 3.75. The third kappa shape index (κ3) is 5.14. The summed E-state index contributed by atoms with van der Waals surface area (Å²) in [5, 5.41) is 8.08. The van der Waals surface area contributed by atoms with Gasteiger partial charge in [-0.2, -0.15) is 0 Å². The number of carbonyl (C=O) groups is 3. The maximum absolute atomic E-state index is 12.5. The Hall–Kier alpha value is -3.22. The SMILES string of the molecule is CC(=O)Nc1ccc(NC(=O)C(C)(C)C(=O)NCc2ccccn2)cc1. The fourth-order valence-electron chi connectivity index (χ4n) is 2.13. The Bertz CT molecular complexity index is 786. The average Bonchev–Trinajstić information content (AvgIpc) is 2.61. The second-order valence-electron chi connectivity index (χ2n) is 6.34. The fraction of sp³-hybridized carbons (Fsp3) is 0.263. The topological polar surface area (TPSA) is 100 Å². The molecular weight excluding hydrogens is 332 g/mol. The van der Waals surface area contributed by atoms with E-state index in [4.69, 9.17) is 0 Å². The van der Waals surface area contributed by atoms with Crippen LogP contribution in [0.15, 0.2) is 48.7 Å². The molecule has 2 rings (SSSR count). The van der Waals surface area contributed by atoms with Crippen LogP contribution in [0.4, 0.5) is 11.4 Å². The molecule has 26 heavy (non-hydrogen) atoms. The summed E-state index contributed by atoms with van der Waals surface area (Å²) in [5.74, 6) is -0.994. The van der Waals surface area contributed by atoms with Crippen LogP contribution in [0.1, 0.15) is 26.5 Å². The molecule has 1 heterocycles. The minimum atomic E-state index is -1.26. The first kappa shape index (κ1) is 19.1. The van der Waals surface area contributed by atoms with Gasteiger partial charge in [0.2, 0.25) is 17.7 Å². The molecular formula is C19H22N4O3. The van der Waals surface area contributed by atoms with E-state index >= 15 is 0 Å². The Morgan fingerprint density at radius 1 is 0.923 bits per heavy atom. The Morgan fingerprint density at radius 2 is 1.54 bits per heavy atom. The number of pyridine rings is 1. The van der Waals surface area contributed by atoms with Crippen LogP contribution in [0.3, 0.4) is 0 Å². The molecule has 7 nitrogen and oxygen atoms in total. The fourth-order valence-corrected chi connectivity index (χ4v) is 2.13. The zero-order chi connectivity index (χ0) is 19.2. The number of aromatic nitrogens is 1. The lowest BCUT2D eigenvalue weighted by molar-refractivity contribution is -0.138. The number of carbonyl (C=O) groups excluding carboxylic acids is 3. The van der Waals surface area contributed by atoms with Crippen molar-refractivity contribution >= 4 is 29.1 Å². The van der Waals surface area contributed by atoms with E-state index in [-0.39, 0.29) is 12.5 Å². The van der Waals surface area contributed by atoms with Gasteiger partial charge in [0.05, 0.1) is 12.2 Å². The molecule has 0 aliphatic rings. The number of nitrogens with zero attached hydrogens (tertiary/aromatic N) is 1. The highest BCUT2D eigenvalue weighted by atomic mass is 16.2. The monoisotopic (exact) mass is 354 g/mol. The summed E-state index contributed by atoms with van der Waals surface area (Å²) in [4.78, 5) is 40.0. The van der Waals surface area contributed by atoms with Crippen LogP contribution in [-0.2, 0) is 20.9 Å². The molecule has 0 aliphatic heterocycles. The predicted molar refractivity (Wildman–Crippen MR) is 99.2 cm³/mol. The van der Waals surface area contributed by atoms with Crippen LogP contribution >= 0.6 is 0 Å². The molecule has 2 aromatic rings. The van der Waals surface area contributed by atoms with Gasteiger partial charge in [-0.15, -0.1) is 0 Å². The van der Waals surface area contributed by atoms with E-state index in [0.29, 0.717) is 17.1 Å². The second kappa shape index (κ2) is 8.24. The molecule has 0 saturated heterocycles.